The molecule has 8 heteroatoms. The molecule has 0 radical (unpaired) electrons. The van der Waals surface area contributed by atoms with Gasteiger partial charge < -0.3 is 24.2 Å². The van der Waals surface area contributed by atoms with E-state index in [0.717, 1.165) is 19.3 Å². The molecule has 128 valence electrons. The molecular formula is C15H24N4O4. The Kier molecular flexibility index (Phi) is 5.38. The van der Waals surface area contributed by atoms with Crippen LogP contribution in [0.3, 0.4) is 0 Å². The molecule has 0 aliphatic heterocycles. The number of amides is 2. The number of imidazole rings is 1. The first kappa shape index (κ1) is 17.4. The minimum absolute atomic E-state index is 0.236. The van der Waals surface area contributed by atoms with E-state index in [9.17, 15) is 14.7 Å². The summed E-state index contributed by atoms with van der Waals surface area (Å²) in [7, 11) is 4.93. The van der Waals surface area contributed by atoms with Gasteiger partial charge in [-0.05, 0) is 19.3 Å². The lowest BCUT2D eigenvalue weighted by atomic mass is 9.81. The smallest absolute Gasteiger partial charge is 0.274 e. The van der Waals surface area contributed by atoms with Gasteiger partial charge in [0.15, 0.2) is 11.5 Å². The Balaban J connectivity index is 1.89. The minimum Gasteiger partial charge on any atom is -0.387 e. The molecule has 0 aromatic carbocycles. The number of hydrogen-bond donors (Lipinski definition) is 1. The van der Waals surface area contributed by atoms with Crippen LogP contribution in [0.1, 0.15) is 29.8 Å². The zero-order chi connectivity index (χ0) is 17.0. The third-order valence-electron chi connectivity index (χ3n) is 4.19. The Hall–Kier alpha value is -1.93. The Labute approximate surface area is 135 Å². The van der Waals surface area contributed by atoms with Crippen LogP contribution >= 0.6 is 0 Å². The van der Waals surface area contributed by atoms with Crippen LogP contribution < -0.4 is 4.90 Å². The molecule has 0 spiro atoms. The Morgan fingerprint density at radius 3 is 2.78 bits per heavy atom. The van der Waals surface area contributed by atoms with Crippen molar-refractivity contribution < 1.29 is 19.4 Å². The molecule has 1 aliphatic rings. The van der Waals surface area contributed by atoms with E-state index in [1.807, 2.05) is 0 Å². The fourth-order valence-electron chi connectivity index (χ4n) is 2.45. The number of aromatic nitrogens is 2. The van der Waals surface area contributed by atoms with Crippen molar-refractivity contribution in [3.05, 3.63) is 12.0 Å². The number of ether oxygens (including phenoxy) is 1. The molecule has 8 nitrogen and oxygen atoms in total. The summed E-state index contributed by atoms with van der Waals surface area (Å²) in [5, 5.41) is 9.94. The number of nitrogens with zero attached hydrogens (tertiary/aromatic N) is 4. The number of rotatable bonds is 8. The van der Waals surface area contributed by atoms with Crippen molar-refractivity contribution in [1.82, 2.24) is 14.5 Å². The van der Waals surface area contributed by atoms with Crippen LogP contribution in [0.25, 0.3) is 0 Å². The van der Waals surface area contributed by atoms with E-state index in [1.165, 1.54) is 16.1 Å². The second-order valence-electron chi connectivity index (χ2n) is 6.10. The fourth-order valence-corrected chi connectivity index (χ4v) is 2.45. The van der Waals surface area contributed by atoms with Gasteiger partial charge in [0.05, 0.1) is 25.1 Å². The van der Waals surface area contributed by atoms with Crippen molar-refractivity contribution in [1.29, 1.82) is 0 Å². The van der Waals surface area contributed by atoms with Gasteiger partial charge in [0, 0.05) is 27.7 Å². The van der Waals surface area contributed by atoms with Gasteiger partial charge in [-0.15, -0.1) is 0 Å². The van der Waals surface area contributed by atoms with E-state index in [4.69, 9.17) is 4.74 Å². The van der Waals surface area contributed by atoms with Gasteiger partial charge in [-0.2, -0.15) is 0 Å². The van der Waals surface area contributed by atoms with Crippen LogP contribution in [0.5, 0.6) is 0 Å². The number of carbonyl (C=O) groups is 2. The van der Waals surface area contributed by atoms with Crippen LogP contribution in [0.2, 0.25) is 0 Å². The highest BCUT2D eigenvalue weighted by atomic mass is 16.5. The highest BCUT2D eigenvalue weighted by molar-refractivity contribution is 5.99. The first-order valence-corrected chi connectivity index (χ1v) is 7.63. The van der Waals surface area contributed by atoms with E-state index in [2.05, 4.69) is 4.98 Å². The number of aryl methyl sites for hydroxylation is 1. The molecule has 0 saturated heterocycles. The molecule has 1 aromatic heterocycles. The van der Waals surface area contributed by atoms with E-state index in [1.54, 1.807) is 25.7 Å². The predicted molar refractivity (Wildman–Crippen MR) is 84.3 cm³/mol. The Bertz CT molecular complexity index is 568. The standard InChI is InChI=1S/C15H24N4O4/c1-17(7-8-23-9-15(22)5-4-6-15)14(21)12-13(19(3)11-20)16-10-18(12)2/h10-11,22H,4-9H2,1-3H3. The SMILES string of the molecule is CN(CCOCC1(O)CCC1)C(=O)c1c(N(C)C=O)ncn1C. The summed E-state index contributed by atoms with van der Waals surface area (Å²) in [6.45, 7) is 1.05. The molecule has 1 aliphatic carbocycles. The summed E-state index contributed by atoms with van der Waals surface area (Å²) in [4.78, 5) is 30.3. The maximum atomic E-state index is 12.5. The van der Waals surface area contributed by atoms with Crippen LogP contribution in [0.4, 0.5) is 5.82 Å². The van der Waals surface area contributed by atoms with Crippen molar-refractivity contribution >= 4 is 18.1 Å². The second-order valence-corrected chi connectivity index (χ2v) is 6.10. The lowest BCUT2D eigenvalue weighted by molar-refractivity contribution is -0.107. The molecule has 1 N–H and O–H groups in total. The van der Waals surface area contributed by atoms with Gasteiger partial charge in [0.1, 0.15) is 0 Å². The zero-order valence-electron chi connectivity index (χ0n) is 13.9. The molecule has 2 rings (SSSR count). The monoisotopic (exact) mass is 324 g/mol. The van der Waals surface area contributed by atoms with Crippen molar-refractivity contribution in [3.63, 3.8) is 0 Å². The van der Waals surface area contributed by atoms with Crippen molar-refractivity contribution in [2.45, 2.75) is 24.9 Å². The van der Waals surface area contributed by atoms with Gasteiger partial charge in [-0.25, -0.2) is 4.98 Å². The Morgan fingerprint density at radius 1 is 1.52 bits per heavy atom. The molecule has 1 aromatic rings. The lowest BCUT2D eigenvalue weighted by Gasteiger charge is -2.36. The summed E-state index contributed by atoms with van der Waals surface area (Å²) in [6.07, 6.45) is 4.70. The molecule has 1 heterocycles. The van der Waals surface area contributed by atoms with Gasteiger partial charge in [-0.1, -0.05) is 0 Å². The molecule has 0 atom stereocenters. The molecular weight excluding hydrogens is 300 g/mol. The van der Waals surface area contributed by atoms with E-state index < -0.39 is 5.60 Å². The van der Waals surface area contributed by atoms with Crippen molar-refractivity contribution in [2.24, 2.45) is 7.05 Å². The molecule has 23 heavy (non-hydrogen) atoms. The minimum atomic E-state index is -0.676. The Morgan fingerprint density at radius 2 is 2.22 bits per heavy atom. The molecule has 2 amide bonds. The highest BCUT2D eigenvalue weighted by Crippen LogP contribution is 2.31. The van der Waals surface area contributed by atoms with Crippen LogP contribution in [-0.4, -0.2) is 71.3 Å². The highest BCUT2D eigenvalue weighted by Gasteiger charge is 2.34. The van der Waals surface area contributed by atoms with Crippen LogP contribution in [-0.2, 0) is 16.6 Å². The first-order chi connectivity index (χ1) is 10.9. The normalized spacial score (nSPS) is 15.8. The average Bonchev–Trinajstić information content (AvgIpc) is 2.89. The van der Waals surface area contributed by atoms with Crippen molar-refractivity contribution in [3.8, 4) is 0 Å². The van der Waals surface area contributed by atoms with Gasteiger partial charge in [-0.3, -0.25) is 9.59 Å². The topological polar surface area (TPSA) is 87.9 Å². The van der Waals surface area contributed by atoms with E-state index in [0.29, 0.717) is 37.7 Å². The second kappa shape index (κ2) is 7.10. The quantitative estimate of drug-likeness (QED) is 0.538. The van der Waals surface area contributed by atoms with Crippen LogP contribution in [0.15, 0.2) is 6.33 Å². The number of likely N-dealkylation sites (N-methyl/N-ethyl adjacent to an activating group) is 1. The van der Waals surface area contributed by atoms with Gasteiger partial charge in [0.2, 0.25) is 6.41 Å². The molecule has 1 fully saturated rings. The third-order valence-corrected chi connectivity index (χ3v) is 4.19. The molecule has 1 saturated carbocycles. The number of carbonyl (C=O) groups excluding carboxylic acids is 2. The van der Waals surface area contributed by atoms with Crippen LogP contribution in [0, 0.1) is 0 Å². The summed E-state index contributed by atoms with van der Waals surface area (Å²) >= 11 is 0. The van der Waals surface area contributed by atoms with Gasteiger partial charge in [0.25, 0.3) is 5.91 Å². The summed E-state index contributed by atoms with van der Waals surface area (Å²) < 4.78 is 7.06. The maximum Gasteiger partial charge on any atom is 0.274 e. The fraction of sp³-hybridized carbons (Fsp3) is 0.667. The lowest BCUT2D eigenvalue weighted by Crippen LogP contribution is -2.42. The van der Waals surface area contributed by atoms with Crippen molar-refractivity contribution in [2.75, 3.05) is 38.8 Å². The number of anilines is 1. The number of aliphatic hydroxyl groups is 1. The molecule has 0 unspecified atom stereocenters. The summed E-state index contributed by atoms with van der Waals surface area (Å²) in [5.41, 5.74) is -0.329. The van der Waals surface area contributed by atoms with E-state index >= 15 is 0 Å². The zero-order valence-corrected chi connectivity index (χ0v) is 13.9. The average molecular weight is 324 g/mol. The summed E-state index contributed by atoms with van der Waals surface area (Å²) in [6, 6.07) is 0. The maximum absolute atomic E-state index is 12.5. The van der Waals surface area contributed by atoms with E-state index in [-0.39, 0.29) is 5.91 Å². The largest absolute Gasteiger partial charge is 0.387 e. The summed E-state index contributed by atoms with van der Waals surface area (Å²) in [5.74, 6) is 0.0868. The predicted octanol–water partition coefficient (Wildman–Crippen LogP) is 0.0163. The number of hydrogen-bond acceptors (Lipinski definition) is 5. The molecule has 0 bridgehead atoms. The first-order valence-electron chi connectivity index (χ1n) is 7.63. The van der Waals surface area contributed by atoms with Gasteiger partial charge >= 0.3 is 0 Å². The third kappa shape index (κ3) is 3.89.